The van der Waals surface area contributed by atoms with Crippen LogP contribution in [0.5, 0.6) is 5.75 Å². The Morgan fingerprint density at radius 2 is 1.82 bits per heavy atom. The molecule has 33 heavy (non-hydrogen) atoms. The molecule has 2 heterocycles. The molecule has 0 atom stereocenters. The Kier molecular flexibility index (Phi) is 6.12. The van der Waals surface area contributed by atoms with Crippen LogP contribution in [0.1, 0.15) is 21.9 Å². The Morgan fingerprint density at radius 3 is 2.70 bits per heavy atom. The molecule has 0 aliphatic carbocycles. The van der Waals surface area contributed by atoms with E-state index in [1.165, 1.54) is 10.8 Å². The molecule has 164 valence electrons. The summed E-state index contributed by atoms with van der Waals surface area (Å²) in [5, 5.41) is 9.61. The van der Waals surface area contributed by atoms with Crippen molar-refractivity contribution in [1.29, 1.82) is 0 Å². The van der Waals surface area contributed by atoms with Crippen molar-refractivity contribution in [3.63, 3.8) is 0 Å². The van der Waals surface area contributed by atoms with E-state index in [0.717, 1.165) is 14.9 Å². The molecule has 3 aromatic carbocycles. The van der Waals surface area contributed by atoms with E-state index in [1.807, 2.05) is 48.7 Å². The first-order valence-corrected chi connectivity index (χ1v) is 11.5. The number of aromatic nitrogens is 2. The number of hydrogen-bond acceptors (Lipinski definition) is 4. The second-order valence-electron chi connectivity index (χ2n) is 7.53. The number of nitrogens with one attached hydrogen (secondary N) is 1. The Bertz CT molecular complexity index is 1400. The summed E-state index contributed by atoms with van der Waals surface area (Å²) in [6, 6.07) is 25.6. The minimum Gasteiger partial charge on any atom is -0.486 e. The number of anilines is 1. The van der Waals surface area contributed by atoms with Crippen molar-refractivity contribution in [3.8, 4) is 5.75 Å². The maximum atomic E-state index is 12.6. The SMILES string of the molecule is O=C(Nc1cnn(Cc2cccc3ccccc23)c1)c1ccc(COc2ccc(I)cc2)o1. The lowest BCUT2D eigenvalue weighted by molar-refractivity contribution is 0.0992. The Labute approximate surface area is 204 Å². The number of carbonyl (C=O) groups excluding carboxylic acids is 1. The number of halogens is 1. The molecule has 0 aliphatic heterocycles. The van der Waals surface area contributed by atoms with Crippen molar-refractivity contribution in [2.24, 2.45) is 0 Å². The van der Waals surface area contributed by atoms with Crippen LogP contribution >= 0.6 is 22.6 Å². The van der Waals surface area contributed by atoms with Gasteiger partial charge in [-0.15, -0.1) is 0 Å². The van der Waals surface area contributed by atoms with Crippen LogP contribution in [-0.2, 0) is 13.2 Å². The molecule has 5 aromatic rings. The fraction of sp³-hybridized carbons (Fsp3) is 0.0769. The molecule has 0 unspecified atom stereocenters. The van der Waals surface area contributed by atoms with Crippen molar-refractivity contribution >= 4 is 45.0 Å². The minimum atomic E-state index is -0.333. The molecule has 5 rings (SSSR count). The molecule has 0 aliphatic rings. The topological polar surface area (TPSA) is 69.3 Å². The molecule has 7 heteroatoms. The predicted octanol–water partition coefficient (Wildman–Crippen LogP) is 6.11. The smallest absolute Gasteiger partial charge is 0.291 e. The van der Waals surface area contributed by atoms with Gasteiger partial charge in [0.05, 0.1) is 18.4 Å². The van der Waals surface area contributed by atoms with Gasteiger partial charge in [-0.25, -0.2) is 0 Å². The summed E-state index contributed by atoms with van der Waals surface area (Å²) in [5.41, 5.74) is 1.77. The summed E-state index contributed by atoms with van der Waals surface area (Å²) in [5.74, 6) is 1.21. The van der Waals surface area contributed by atoms with Crippen LogP contribution < -0.4 is 10.1 Å². The van der Waals surface area contributed by atoms with Gasteiger partial charge in [0.25, 0.3) is 5.91 Å². The number of amides is 1. The van der Waals surface area contributed by atoms with Crippen molar-refractivity contribution in [2.45, 2.75) is 13.2 Å². The van der Waals surface area contributed by atoms with Gasteiger partial charge in [-0.3, -0.25) is 9.48 Å². The standard InChI is InChI=1S/C26H20IN3O3/c27-20-8-10-22(11-9-20)32-17-23-12-13-25(33-23)26(31)29-21-14-28-30(16-21)15-19-6-3-5-18-4-1-2-7-24(18)19/h1-14,16H,15,17H2,(H,29,31). The molecule has 0 radical (unpaired) electrons. The number of ether oxygens (including phenoxy) is 1. The van der Waals surface area contributed by atoms with Gasteiger partial charge in [-0.2, -0.15) is 5.10 Å². The van der Waals surface area contributed by atoms with Gasteiger partial charge in [-0.05, 0) is 75.3 Å². The second-order valence-corrected chi connectivity index (χ2v) is 8.77. The van der Waals surface area contributed by atoms with Crippen LogP contribution in [0.25, 0.3) is 10.8 Å². The molecule has 0 saturated heterocycles. The van der Waals surface area contributed by atoms with E-state index in [4.69, 9.17) is 9.15 Å². The van der Waals surface area contributed by atoms with E-state index >= 15 is 0 Å². The Morgan fingerprint density at radius 1 is 1.00 bits per heavy atom. The van der Waals surface area contributed by atoms with E-state index < -0.39 is 0 Å². The molecule has 2 aromatic heterocycles. The number of hydrogen-bond donors (Lipinski definition) is 1. The second kappa shape index (κ2) is 9.50. The van der Waals surface area contributed by atoms with Gasteiger partial charge in [0, 0.05) is 9.77 Å². The number of carbonyl (C=O) groups is 1. The molecular formula is C26H20IN3O3. The van der Waals surface area contributed by atoms with Crippen LogP contribution in [0.3, 0.4) is 0 Å². The normalized spacial score (nSPS) is 10.9. The average molecular weight is 549 g/mol. The third-order valence-corrected chi connectivity index (χ3v) is 5.90. The van der Waals surface area contributed by atoms with Gasteiger partial charge in [0.1, 0.15) is 18.1 Å². The Hall–Kier alpha value is -3.59. The molecule has 1 N–H and O–H groups in total. The molecule has 1 amide bonds. The van der Waals surface area contributed by atoms with Crippen LogP contribution in [-0.4, -0.2) is 15.7 Å². The number of rotatable bonds is 7. The van der Waals surface area contributed by atoms with E-state index in [0.29, 0.717) is 18.0 Å². The number of furan rings is 1. The minimum absolute atomic E-state index is 0.220. The lowest BCUT2D eigenvalue weighted by Crippen LogP contribution is -2.10. The summed E-state index contributed by atoms with van der Waals surface area (Å²) >= 11 is 2.24. The molecule has 0 spiro atoms. The maximum Gasteiger partial charge on any atom is 0.291 e. The van der Waals surface area contributed by atoms with E-state index in [-0.39, 0.29) is 18.3 Å². The fourth-order valence-electron chi connectivity index (χ4n) is 3.57. The average Bonchev–Trinajstić information content (AvgIpc) is 3.49. The zero-order valence-corrected chi connectivity index (χ0v) is 19.7. The fourth-order valence-corrected chi connectivity index (χ4v) is 3.93. The van der Waals surface area contributed by atoms with Crippen molar-refractivity contribution < 1.29 is 13.9 Å². The summed E-state index contributed by atoms with van der Waals surface area (Å²) in [7, 11) is 0. The zero-order chi connectivity index (χ0) is 22.6. The summed E-state index contributed by atoms with van der Waals surface area (Å²) in [4.78, 5) is 12.6. The summed E-state index contributed by atoms with van der Waals surface area (Å²) in [6.07, 6.45) is 3.44. The van der Waals surface area contributed by atoms with Gasteiger partial charge in [-0.1, -0.05) is 42.5 Å². The summed E-state index contributed by atoms with van der Waals surface area (Å²) < 4.78 is 14.3. The molecular weight excluding hydrogens is 529 g/mol. The molecule has 6 nitrogen and oxygen atoms in total. The Balaban J connectivity index is 1.21. The van der Waals surface area contributed by atoms with Crippen LogP contribution in [0.2, 0.25) is 0 Å². The highest BCUT2D eigenvalue weighted by Gasteiger charge is 2.13. The first-order chi connectivity index (χ1) is 16.1. The first kappa shape index (κ1) is 21.3. The summed E-state index contributed by atoms with van der Waals surface area (Å²) in [6.45, 7) is 0.856. The lowest BCUT2D eigenvalue weighted by Gasteiger charge is -2.06. The van der Waals surface area contributed by atoms with Crippen LogP contribution in [0, 0.1) is 3.57 Å². The van der Waals surface area contributed by atoms with Crippen molar-refractivity contribution in [1.82, 2.24) is 9.78 Å². The first-order valence-electron chi connectivity index (χ1n) is 10.4. The third-order valence-electron chi connectivity index (χ3n) is 5.18. The van der Waals surface area contributed by atoms with Gasteiger partial charge in [0.15, 0.2) is 5.76 Å². The van der Waals surface area contributed by atoms with Crippen molar-refractivity contribution in [2.75, 3.05) is 5.32 Å². The largest absolute Gasteiger partial charge is 0.486 e. The molecule has 0 bridgehead atoms. The van der Waals surface area contributed by atoms with Crippen LogP contribution in [0.4, 0.5) is 5.69 Å². The van der Waals surface area contributed by atoms with E-state index in [9.17, 15) is 4.79 Å². The highest BCUT2D eigenvalue weighted by molar-refractivity contribution is 14.1. The number of fused-ring (bicyclic) bond motifs is 1. The molecule has 0 saturated carbocycles. The zero-order valence-electron chi connectivity index (χ0n) is 17.6. The highest BCUT2D eigenvalue weighted by Crippen LogP contribution is 2.20. The third kappa shape index (κ3) is 5.09. The van der Waals surface area contributed by atoms with Gasteiger partial charge < -0.3 is 14.5 Å². The lowest BCUT2D eigenvalue weighted by atomic mass is 10.0. The number of benzene rings is 3. The van der Waals surface area contributed by atoms with Gasteiger partial charge >= 0.3 is 0 Å². The van der Waals surface area contributed by atoms with E-state index in [2.05, 4.69) is 57.3 Å². The molecule has 0 fully saturated rings. The van der Waals surface area contributed by atoms with Crippen molar-refractivity contribution in [3.05, 3.63) is 112 Å². The highest BCUT2D eigenvalue weighted by atomic mass is 127. The van der Waals surface area contributed by atoms with Gasteiger partial charge in [0.2, 0.25) is 0 Å². The quantitative estimate of drug-likeness (QED) is 0.249. The van der Waals surface area contributed by atoms with Crippen LogP contribution in [0.15, 0.2) is 95.7 Å². The number of nitrogens with zero attached hydrogens (tertiary/aromatic N) is 2. The predicted molar refractivity (Wildman–Crippen MR) is 135 cm³/mol. The monoisotopic (exact) mass is 549 g/mol. The van der Waals surface area contributed by atoms with E-state index in [1.54, 1.807) is 23.0 Å². The maximum absolute atomic E-state index is 12.6.